The molecule has 138 valence electrons. The Kier molecular flexibility index (Phi) is 5.34. The highest BCUT2D eigenvalue weighted by Gasteiger charge is 2.26. The van der Waals surface area contributed by atoms with E-state index in [1.54, 1.807) is 17.5 Å². The van der Waals surface area contributed by atoms with Crippen molar-refractivity contribution in [2.45, 2.75) is 32.2 Å². The largest absolute Gasteiger partial charge is 0.356 e. The number of hydrogen-bond donors (Lipinski definition) is 1. The number of carbonyl (C=O) groups is 1. The van der Waals surface area contributed by atoms with E-state index in [-0.39, 0.29) is 11.8 Å². The molecule has 0 aliphatic carbocycles. The maximum Gasteiger partial charge on any atom is 0.225 e. The summed E-state index contributed by atoms with van der Waals surface area (Å²) in [6.45, 7) is 4.42. The number of nitrogens with one attached hydrogen (secondary N) is 1. The van der Waals surface area contributed by atoms with Crippen molar-refractivity contribution in [2.24, 2.45) is 5.92 Å². The van der Waals surface area contributed by atoms with Crippen LogP contribution in [0.1, 0.15) is 31.4 Å². The molecule has 1 atom stereocenters. The molecule has 0 bridgehead atoms. The molecule has 1 amide bonds. The SMILES string of the molecule is O=C(NCc1csc(N2CCCC2)n1)[C@@H]1CCCN(c2ccccn2)C1. The van der Waals surface area contributed by atoms with Crippen LogP contribution in [0.25, 0.3) is 0 Å². The van der Waals surface area contributed by atoms with Crippen molar-refractivity contribution in [3.8, 4) is 0 Å². The molecule has 4 heterocycles. The first-order chi connectivity index (χ1) is 12.8. The van der Waals surface area contributed by atoms with Crippen molar-refractivity contribution in [3.05, 3.63) is 35.5 Å². The van der Waals surface area contributed by atoms with Gasteiger partial charge in [-0.25, -0.2) is 9.97 Å². The van der Waals surface area contributed by atoms with E-state index in [1.807, 2.05) is 18.2 Å². The smallest absolute Gasteiger partial charge is 0.225 e. The standard InChI is InChI=1S/C19H25N5OS/c25-18(15-6-5-11-24(13-15)17-7-1-2-8-20-17)21-12-16-14-26-19(22-16)23-9-3-4-10-23/h1-2,7-8,14-15H,3-6,9-13H2,(H,21,25)/t15-/m1/s1. The Morgan fingerprint density at radius 1 is 1.19 bits per heavy atom. The third-order valence-corrected chi connectivity index (χ3v) is 6.08. The van der Waals surface area contributed by atoms with Gasteiger partial charge >= 0.3 is 0 Å². The highest BCUT2D eigenvalue weighted by Crippen LogP contribution is 2.25. The molecule has 2 fully saturated rings. The maximum atomic E-state index is 12.6. The van der Waals surface area contributed by atoms with Crippen molar-refractivity contribution in [1.29, 1.82) is 0 Å². The van der Waals surface area contributed by atoms with Crippen LogP contribution in [0.15, 0.2) is 29.8 Å². The number of hydrogen-bond acceptors (Lipinski definition) is 6. The second-order valence-corrected chi connectivity index (χ2v) is 7.84. The zero-order chi connectivity index (χ0) is 17.8. The lowest BCUT2D eigenvalue weighted by atomic mass is 9.97. The van der Waals surface area contributed by atoms with Gasteiger partial charge in [-0.15, -0.1) is 11.3 Å². The molecule has 0 saturated carbocycles. The minimum atomic E-state index is 0.0162. The molecule has 0 aromatic carbocycles. The minimum absolute atomic E-state index is 0.0162. The molecule has 2 saturated heterocycles. The molecule has 2 aromatic rings. The predicted octanol–water partition coefficient (Wildman–Crippen LogP) is 2.67. The topological polar surface area (TPSA) is 61.4 Å². The average molecular weight is 372 g/mol. The summed E-state index contributed by atoms with van der Waals surface area (Å²) in [6, 6.07) is 5.92. The Labute approximate surface area is 158 Å². The van der Waals surface area contributed by atoms with Crippen molar-refractivity contribution >= 4 is 28.2 Å². The number of pyridine rings is 1. The minimum Gasteiger partial charge on any atom is -0.356 e. The fourth-order valence-electron chi connectivity index (χ4n) is 3.69. The molecule has 6 nitrogen and oxygen atoms in total. The van der Waals surface area contributed by atoms with E-state index in [0.717, 1.165) is 55.7 Å². The summed E-state index contributed by atoms with van der Waals surface area (Å²) in [5.41, 5.74) is 0.961. The van der Waals surface area contributed by atoms with E-state index in [4.69, 9.17) is 0 Å². The number of anilines is 2. The van der Waals surface area contributed by atoms with E-state index in [2.05, 4.69) is 30.5 Å². The van der Waals surface area contributed by atoms with Gasteiger partial charge < -0.3 is 15.1 Å². The third kappa shape index (κ3) is 3.98. The molecule has 7 heteroatoms. The van der Waals surface area contributed by atoms with Crippen molar-refractivity contribution in [3.63, 3.8) is 0 Å². The monoisotopic (exact) mass is 371 g/mol. The Morgan fingerprint density at radius 2 is 2.04 bits per heavy atom. The maximum absolute atomic E-state index is 12.6. The second kappa shape index (κ2) is 8.03. The number of carbonyl (C=O) groups excluding carboxylic acids is 1. The summed E-state index contributed by atoms with van der Waals surface area (Å²) in [6.07, 6.45) is 6.26. The van der Waals surface area contributed by atoms with Gasteiger partial charge in [0, 0.05) is 37.8 Å². The molecule has 26 heavy (non-hydrogen) atoms. The van der Waals surface area contributed by atoms with Gasteiger partial charge in [0.05, 0.1) is 18.2 Å². The van der Waals surface area contributed by atoms with Gasteiger partial charge in [0.15, 0.2) is 5.13 Å². The molecular formula is C19H25N5OS. The predicted molar refractivity (Wildman–Crippen MR) is 105 cm³/mol. The molecule has 0 radical (unpaired) electrons. The Hall–Kier alpha value is -2.15. The lowest BCUT2D eigenvalue weighted by Crippen LogP contribution is -2.43. The summed E-state index contributed by atoms with van der Waals surface area (Å²) in [7, 11) is 0. The molecule has 1 N–H and O–H groups in total. The first-order valence-corrected chi connectivity index (χ1v) is 10.3. The van der Waals surface area contributed by atoms with Crippen LogP contribution in [0.2, 0.25) is 0 Å². The second-order valence-electron chi connectivity index (χ2n) is 7.01. The quantitative estimate of drug-likeness (QED) is 0.876. The third-order valence-electron chi connectivity index (χ3n) is 5.13. The molecule has 0 unspecified atom stereocenters. The zero-order valence-electron chi connectivity index (χ0n) is 14.9. The van der Waals surface area contributed by atoms with E-state index >= 15 is 0 Å². The number of aromatic nitrogens is 2. The summed E-state index contributed by atoms with van der Waals surface area (Å²) in [5.74, 6) is 1.10. The van der Waals surface area contributed by atoms with Crippen LogP contribution < -0.4 is 15.1 Å². The van der Waals surface area contributed by atoms with Gasteiger partial charge in [-0.05, 0) is 37.8 Å². The van der Waals surface area contributed by atoms with E-state index in [1.165, 1.54) is 12.8 Å². The van der Waals surface area contributed by atoms with Crippen LogP contribution in [-0.4, -0.2) is 42.1 Å². The molecule has 2 aromatic heterocycles. The Balaban J connectivity index is 1.30. The lowest BCUT2D eigenvalue weighted by Gasteiger charge is -2.32. The Bertz CT molecular complexity index is 729. The molecule has 2 aliphatic heterocycles. The molecule has 0 spiro atoms. The van der Waals surface area contributed by atoms with Gasteiger partial charge in [-0.1, -0.05) is 6.07 Å². The molecule has 2 aliphatic rings. The first kappa shape index (κ1) is 17.3. The Morgan fingerprint density at radius 3 is 2.85 bits per heavy atom. The van der Waals surface area contributed by atoms with Gasteiger partial charge in [-0.2, -0.15) is 0 Å². The van der Waals surface area contributed by atoms with E-state index < -0.39 is 0 Å². The van der Waals surface area contributed by atoms with Crippen LogP contribution >= 0.6 is 11.3 Å². The fraction of sp³-hybridized carbons (Fsp3) is 0.526. The fourth-order valence-corrected chi connectivity index (χ4v) is 4.57. The van der Waals surface area contributed by atoms with Crippen LogP contribution in [0.3, 0.4) is 0 Å². The van der Waals surface area contributed by atoms with Crippen molar-refractivity contribution in [2.75, 3.05) is 36.0 Å². The summed E-state index contributed by atoms with van der Waals surface area (Å²) >= 11 is 1.68. The number of thiazole rings is 1. The molecular weight excluding hydrogens is 346 g/mol. The van der Waals surface area contributed by atoms with Crippen molar-refractivity contribution < 1.29 is 4.79 Å². The van der Waals surface area contributed by atoms with Crippen LogP contribution in [0, 0.1) is 5.92 Å². The highest BCUT2D eigenvalue weighted by atomic mass is 32.1. The first-order valence-electron chi connectivity index (χ1n) is 9.42. The van der Waals surface area contributed by atoms with Gasteiger partial charge in [0.25, 0.3) is 0 Å². The van der Waals surface area contributed by atoms with Gasteiger partial charge in [0.1, 0.15) is 5.82 Å². The summed E-state index contributed by atoms with van der Waals surface area (Å²) in [4.78, 5) is 26.3. The number of nitrogens with zero attached hydrogens (tertiary/aromatic N) is 4. The number of piperidine rings is 1. The van der Waals surface area contributed by atoms with Gasteiger partial charge in [-0.3, -0.25) is 4.79 Å². The van der Waals surface area contributed by atoms with Gasteiger partial charge in [0.2, 0.25) is 5.91 Å². The van der Waals surface area contributed by atoms with Crippen LogP contribution in [0.5, 0.6) is 0 Å². The van der Waals surface area contributed by atoms with Crippen molar-refractivity contribution in [1.82, 2.24) is 15.3 Å². The van der Waals surface area contributed by atoms with Crippen LogP contribution in [0.4, 0.5) is 10.9 Å². The number of amides is 1. The summed E-state index contributed by atoms with van der Waals surface area (Å²) < 4.78 is 0. The number of rotatable bonds is 5. The normalized spacial score (nSPS) is 20.4. The lowest BCUT2D eigenvalue weighted by molar-refractivity contribution is -0.125. The van der Waals surface area contributed by atoms with Crippen LogP contribution in [-0.2, 0) is 11.3 Å². The van der Waals surface area contributed by atoms with E-state index in [9.17, 15) is 4.79 Å². The molecule has 4 rings (SSSR count). The highest BCUT2D eigenvalue weighted by molar-refractivity contribution is 7.13. The summed E-state index contributed by atoms with van der Waals surface area (Å²) in [5, 5.41) is 6.24. The van der Waals surface area contributed by atoms with E-state index in [0.29, 0.717) is 6.54 Å². The average Bonchev–Trinajstić information content (AvgIpc) is 3.38. The zero-order valence-corrected chi connectivity index (χ0v) is 15.7.